The number of hydrogen-bond acceptors (Lipinski definition) is 5. The number of fused-ring (bicyclic) bond motifs is 1. The Balaban J connectivity index is 1.50. The minimum Gasteiger partial charge on any atom is -0.486 e. The van der Waals surface area contributed by atoms with E-state index in [1.165, 1.54) is 0 Å². The lowest BCUT2D eigenvalue weighted by Gasteiger charge is -2.29. The summed E-state index contributed by atoms with van der Waals surface area (Å²) >= 11 is 0. The second kappa shape index (κ2) is 9.13. The number of carbonyl (C=O) groups is 1. The van der Waals surface area contributed by atoms with Crippen LogP contribution in [0.4, 0.5) is 5.69 Å². The number of sulfonamides is 1. The van der Waals surface area contributed by atoms with Crippen molar-refractivity contribution in [2.24, 2.45) is 5.92 Å². The summed E-state index contributed by atoms with van der Waals surface area (Å²) < 4.78 is 38.6. The average molecular weight is 411 g/mol. The molecule has 1 unspecified atom stereocenters. The largest absolute Gasteiger partial charge is 0.486 e. The van der Waals surface area contributed by atoms with Crippen LogP contribution in [-0.4, -0.2) is 38.8 Å². The Hall–Kier alpha value is -1.80. The molecule has 1 aromatic carbocycles. The minimum absolute atomic E-state index is 0.0302. The lowest BCUT2D eigenvalue weighted by molar-refractivity contribution is -0.120. The predicted octanol–water partition coefficient (Wildman–Crippen LogP) is 3.06. The third-order valence-electron chi connectivity index (χ3n) is 5.46. The summed E-state index contributed by atoms with van der Waals surface area (Å²) in [5, 5.41) is 2.57. The molecule has 0 spiro atoms. The predicted molar refractivity (Wildman–Crippen MR) is 108 cm³/mol. The van der Waals surface area contributed by atoms with Crippen molar-refractivity contribution in [2.75, 3.05) is 18.5 Å². The fourth-order valence-electron chi connectivity index (χ4n) is 3.75. The molecule has 0 aromatic heterocycles. The van der Waals surface area contributed by atoms with Gasteiger partial charge in [0.25, 0.3) is 0 Å². The number of amides is 1. The molecule has 1 aliphatic heterocycles. The van der Waals surface area contributed by atoms with Gasteiger partial charge in [0.2, 0.25) is 15.9 Å². The molecule has 1 aliphatic carbocycles. The van der Waals surface area contributed by atoms with Crippen LogP contribution in [0.1, 0.15) is 52.4 Å². The number of carbonyl (C=O) groups excluding carboxylic acids is 1. The highest BCUT2D eigenvalue weighted by Gasteiger charge is 2.30. The number of nitrogens with one attached hydrogen (secondary N) is 2. The molecule has 1 aromatic rings. The summed E-state index contributed by atoms with van der Waals surface area (Å²) in [5.41, 5.74) is 0.686. The van der Waals surface area contributed by atoms with E-state index >= 15 is 0 Å². The van der Waals surface area contributed by atoms with Gasteiger partial charge in [0, 0.05) is 23.7 Å². The molecule has 0 radical (unpaired) electrons. The monoisotopic (exact) mass is 410 g/mol. The van der Waals surface area contributed by atoms with Crippen LogP contribution in [-0.2, 0) is 14.8 Å². The number of ether oxygens (including phenoxy) is 2. The van der Waals surface area contributed by atoms with E-state index < -0.39 is 10.0 Å². The molecular weight excluding hydrogens is 380 g/mol. The van der Waals surface area contributed by atoms with Gasteiger partial charge in [-0.15, -0.1) is 0 Å². The SMILES string of the molecule is CCCC(C)S(=O)(=O)NC1CCC(C(=O)Nc2ccc3c(c2)OCCO3)CC1. The Kier molecular flexibility index (Phi) is 6.82. The van der Waals surface area contributed by atoms with E-state index in [1.54, 1.807) is 25.1 Å². The Labute approximate surface area is 167 Å². The lowest BCUT2D eigenvalue weighted by atomic mass is 9.86. The molecule has 2 N–H and O–H groups in total. The van der Waals surface area contributed by atoms with Crippen molar-refractivity contribution in [2.45, 2.75) is 63.7 Å². The highest BCUT2D eigenvalue weighted by molar-refractivity contribution is 7.90. The van der Waals surface area contributed by atoms with Gasteiger partial charge in [-0.2, -0.15) is 0 Å². The Morgan fingerprint density at radius 1 is 1.14 bits per heavy atom. The summed E-state index contributed by atoms with van der Waals surface area (Å²) in [5.74, 6) is 1.19. The molecule has 0 bridgehead atoms. The van der Waals surface area contributed by atoms with Gasteiger partial charge in [-0.3, -0.25) is 4.79 Å². The molecule has 7 nitrogen and oxygen atoms in total. The topological polar surface area (TPSA) is 93.7 Å². The molecule has 1 amide bonds. The number of rotatable bonds is 7. The van der Waals surface area contributed by atoms with Crippen molar-refractivity contribution in [3.8, 4) is 11.5 Å². The molecule has 8 heteroatoms. The van der Waals surface area contributed by atoms with Crippen molar-refractivity contribution in [3.63, 3.8) is 0 Å². The van der Waals surface area contributed by atoms with Crippen molar-refractivity contribution < 1.29 is 22.7 Å². The van der Waals surface area contributed by atoms with Crippen LogP contribution >= 0.6 is 0 Å². The molecule has 156 valence electrons. The van der Waals surface area contributed by atoms with Gasteiger partial charge < -0.3 is 14.8 Å². The maximum atomic E-state index is 12.6. The highest BCUT2D eigenvalue weighted by Crippen LogP contribution is 2.33. The number of anilines is 1. The van der Waals surface area contributed by atoms with E-state index in [4.69, 9.17) is 9.47 Å². The summed E-state index contributed by atoms with van der Waals surface area (Å²) in [6, 6.07) is 5.30. The Morgan fingerprint density at radius 2 is 1.82 bits per heavy atom. The minimum atomic E-state index is -3.29. The Morgan fingerprint density at radius 3 is 2.50 bits per heavy atom. The smallest absolute Gasteiger partial charge is 0.227 e. The highest BCUT2D eigenvalue weighted by atomic mass is 32.2. The van der Waals surface area contributed by atoms with Gasteiger partial charge in [-0.05, 0) is 51.2 Å². The second-order valence-electron chi connectivity index (χ2n) is 7.66. The van der Waals surface area contributed by atoms with Crippen LogP contribution in [0.2, 0.25) is 0 Å². The van der Waals surface area contributed by atoms with E-state index in [1.807, 2.05) is 6.92 Å². The number of benzene rings is 1. The van der Waals surface area contributed by atoms with Crippen LogP contribution in [0.15, 0.2) is 18.2 Å². The second-order valence-corrected chi connectivity index (χ2v) is 9.79. The standard InChI is InChI=1S/C20H30N2O5S/c1-3-4-14(2)28(24,25)22-16-7-5-15(6-8-16)20(23)21-17-9-10-18-19(13-17)27-12-11-26-18/h9-10,13-16,22H,3-8,11-12H2,1-2H3,(H,21,23). The number of hydrogen-bond donors (Lipinski definition) is 2. The molecule has 28 heavy (non-hydrogen) atoms. The fourth-order valence-corrected chi connectivity index (χ4v) is 5.23. The third kappa shape index (κ3) is 5.17. The van der Waals surface area contributed by atoms with Crippen LogP contribution in [0.3, 0.4) is 0 Å². The first-order valence-corrected chi connectivity index (χ1v) is 11.7. The van der Waals surface area contributed by atoms with Gasteiger partial charge in [0.15, 0.2) is 11.5 Å². The van der Waals surface area contributed by atoms with Gasteiger partial charge in [-0.1, -0.05) is 13.3 Å². The van der Waals surface area contributed by atoms with E-state index in [9.17, 15) is 13.2 Å². The maximum absolute atomic E-state index is 12.6. The fraction of sp³-hybridized carbons (Fsp3) is 0.650. The molecule has 3 rings (SSSR count). The first-order valence-electron chi connectivity index (χ1n) is 10.1. The van der Waals surface area contributed by atoms with Gasteiger partial charge >= 0.3 is 0 Å². The summed E-state index contributed by atoms with van der Waals surface area (Å²) in [4.78, 5) is 12.6. The molecule has 0 saturated heterocycles. The molecule has 1 atom stereocenters. The van der Waals surface area contributed by atoms with Crippen LogP contribution < -0.4 is 19.5 Å². The van der Waals surface area contributed by atoms with Crippen LogP contribution in [0, 0.1) is 5.92 Å². The molecule has 1 saturated carbocycles. The maximum Gasteiger partial charge on any atom is 0.227 e. The van der Waals surface area contributed by atoms with E-state index in [2.05, 4.69) is 10.0 Å². The summed E-state index contributed by atoms with van der Waals surface area (Å²) in [7, 11) is -3.29. The van der Waals surface area contributed by atoms with E-state index in [0.717, 1.165) is 6.42 Å². The molecule has 1 fully saturated rings. The molecule has 1 heterocycles. The average Bonchev–Trinajstić information content (AvgIpc) is 2.68. The van der Waals surface area contributed by atoms with Crippen molar-refractivity contribution in [1.82, 2.24) is 4.72 Å². The zero-order chi connectivity index (χ0) is 20.1. The molecular formula is C20H30N2O5S. The molecule has 2 aliphatic rings. The lowest BCUT2D eigenvalue weighted by Crippen LogP contribution is -2.42. The van der Waals surface area contributed by atoms with E-state index in [0.29, 0.717) is 62.5 Å². The van der Waals surface area contributed by atoms with Crippen molar-refractivity contribution in [1.29, 1.82) is 0 Å². The zero-order valence-electron chi connectivity index (χ0n) is 16.6. The van der Waals surface area contributed by atoms with Gasteiger partial charge in [0.1, 0.15) is 13.2 Å². The third-order valence-corrected chi connectivity index (χ3v) is 7.42. The summed E-state index contributed by atoms with van der Waals surface area (Å²) in [6.07, 6.45) is 4.20. The summed E-state index contributed by atoms with van der Waals surface area (Å²) in [6.45, 7) is 4.76. The quantitative estimate of drug-likeness (QED) is 0.721. The van der Waals surface area contributed by atoms with Gasteiger partial charge in [-0.25, -0.2) is 13.1 Å². The van der Waals surface area contributed by atoms with Gasteiger partial charge in [0.05, 0.1) is 5.25 Å². The first kappa shape index (κ1) is 20.9. The van der Waals surface area contributed by atoms with E-state index in [-0.39, 0.29) is 23.1 Å². The normalized spacial score (nSPS) is 23.1. The Bertz CT molecular complexity index is 788. The van der Waals surface area contributed by atoms with Crippen LogP contribution in [0.25, 0.3) is 0 Å². The van der Waals surface area contributed by atoms with Crippen molar-refractivity contribution in [3.05, 3.63) is 18.2 Å². The zero-order valence-corrected chi connectivity index (χ0v) is 17.4. The first-order chi connectivity index (χ1) is 13.4. The van der Waals surface area contributed by atoms with Crippen LogP contribution in [0.5, 0.6) is 11.5 Å². The van der Waals surface area contributed by atoms with Crippen molar-refractivity contribution >= 4 is 21.6 Å².